The maximum absolute atomic E-state index is 12.1. The Morgan fingerprint density at radius 2 is 1.95 bits per heavy atom. The molecule has 2 rings (SSSR count). The van der Waals surface area contributed by atoms with Crippen LogP contribution >= 0.6 is 11.3 Å². The first-order valence-electron chi connectivity index (χ1n) is 6.15. The molecule has 0 aliphatic carbocycles. The number of aromatic nitrogens is 1. The van der Waals surface area contributed by atoms with Crippen molar-refractivity contribution >= 4 is 33.0 Å². The lowest BCUT2D eigenvalue weighted by Crippen LogP contribution is -2.23. The molecule has 1 aromatic carbocycles. The fraction of sp³-hybridized carbons (Fsp3) is 0.231. The van der Waals surface area contributed by atoms with Crippen LogP contribution in [0, 0.1) is 6.92 Å². The molecule has 0 saturated heterocycles. The van der Waals surface area contributed by atoms with E-state index in [0.29, 0.717) is 10.7 Å². The van der Waals surface area contributed by atoms with Crippen LogP contribution < -0.4 is 10.0 Å². The van der Waals surface area contributed by atoms with E-state index in [1.807, 2.05) is 12.3 Å². The third-order valence-electron chi connectivity index (χ3n) is 2.56. The van der Waals surface area contributed by atoms with Crippen LogP contribution in [-0.2, 0) is 21.4 Å². The molecule has 2 aromatic rings. The zero-order chi connectivity index (χ0) is 15.5. The lowest BCUT2D eigenvalue weighted by atomic mass is 10.3. The van der Waals surface area contributed by atoms with E-state index in [4.69, 9.17) is 0 Å². The largest absolute Gasteiger partial charge is 0.326 e. The Kier molecular flexibility index (Phi) is 4.71. The monoisotopic (exact) mass is 325 g/mol. The van der Waals surface area contributed by atoms with E-state index >= 15 is 0 Å². The van der Waals surface area contributed by atoms with Gasteiger partial charge in [-0.15, -0.1) is 11.3 Å². The molecule has 0 aliphatic rings. The number of hydrogen-bond acceptors (Lipinski definition) is 5. The highest BCUT2D eigenvalue weighted by Crippen LogP contribution is 2.15. The van der Waals surface area contributed by atoms with Gasteiger partial charge in [0.05, 0.1) is 11.4 Å². The number of thiazole rings is 1. The summed E-state index contributed by atoms with van der Waals surface area (Å²) in [7, 11) is -3.59. The maximum atomic E-state index is 12.1. The number of sulfonamides is 1. The van der Waals surface area contributed by atoms with Crippen molar-refractivity contribution in [2.45, 2.75) is 25.3 Å². The minimum Gasteiger partial charge on any atom is -0.326 e. The molecule has 2 N–H and O–H groups in total. The summed E-state index contributed by atoms with van der Waals surface area (Å²) in [6.07, 6.45) is 0. The average Bonchev–Trinajstić information content (AvgIpc) is 2.82. The average molecular weight is 325 g/mol. The van der Waals surface area contributed by atoms with Crippen molar-refractivity contribution in [3.05, 3.63) is 40.3 Å². The Bertz CT molecular complexity index is 736. The molecule has 112 valence electrons. The summed E-state index contributed by atoms with van der Waals surface area (Å²) < 4.78 is 26.7. The van der Waals surface area contributed by atoms with E-state index in [1.54, 1.807) is 12.1 Å². The van der Waals surface area contributed by atoms with Crippen LogP contribution in [0.3, 0.4) is 0 Å². The van der Waals surface area contributed by atoms with Gasteiger partial charge in [-0.05, 0) is 31.2 Å². The highest BCUT2D eigenvalue weighted by atomic mass is 32.2. The molecule has 0 radical (unpaired) electrons. The predicted octanol–water partition coefficient (Wildman–Crippen LogP) is 1.89. The number of amides is 1. The molecule has 0 bridgehead atoms. The zero-order valence-electron chi connectivity index (χ0n) is 11.6. The smallest absolute Gasteiger partial charge is 0.240 e. The van der Waals surface area contributed by atoms with Gasteiger partial charge in [0.2, 0.25) is 15.9 Å². The summed E-state index contributed by atoms with van der Waals surface area (Å²) in [4.78, 5) is 15.3. The molecule has 0 unspecified atom stereocenters. The Balaban J connectivity index is 2.06. The molecule has 0 spiro atoms. The number of carbonyl (C=O) groups is 1. The number of rotatable bonds is 5. The van der Waals surface area contributed by atoms with E-state index in [-0.39, 0.29) is 17.3 Å². The number of carbonyl (C=O) groups excluding carboxylic acids is 1. The lowest BCUT2D eigenvalue weighted by Gasteiger charge is -2.07. The minimum absolute atomic E-state index is 0.143. The van der Waals surface area contributed by atoms with Crippen LogP contribution in [0.1, 0.15) is 17.6 Å². The number of benzene rings is 1. The zero-order valence-corrected chi connectivity index (χ0v) is 13.2. The van der Waals surface area contributed by atoms with Crippen molar-refractivity contribution in [1.29, 1.82) is 0 Å². The predicted molar refractivity (Wildman–Crippen MR) is 81.6 cm³/mol. The van der Waals surface area contributed by atoms with E-state index in [0.717, 1.165) is 5.69 Å². The first kappa shape index (κ1) is 15.6. The molecule has 21 heavy (non-hydrogen) atoms. The van der Waals surface area contributed by atoms with Gasteiger partial charge in [-0.2, -0.15) is 0 Å². The molecule has 0 atom stereocenters. The Labute approximate surface area is 127 Å². The van der Waals surface area contributed by atoms with Gasteiger partial charge in [0.15, 0.2) is 0 Å². The van der Waals surface area contributed by atoms with Gasteiger partial charge in [0.25, 0.3) is 0 Å². The topological polar surface area (TPSA) is 88.2 Å². The van der Waals surface area contributed by atoms with E-state index in [9.17, 15) is 13.2 Å². The standard InChI is InChI=1S/C13H15N3O3S2/c1-9-8-20-13(15-9)7-14-21(18,19)12-5-3-11(4-6-12)16-10(2)17/h3-6,8,14H,7H2,1-2H3,(H,16,17). The summed E-state index contributed by atoms with van der Waals surface area (Å²) in [5.41, 5.74) is 1.42. The van der Waals surface area contributed by atoms with Crippen molar-refractivity contribution < 1.29 is 13.2 Å². The fourth-order valence-electron chi connectivity index (χ4n) is 1.64. The molecule has 0 saturated carbocycles. The van der Waals surface area contributed by atoms with Crippen LogP contribution in [0.25, 0.3) is 0 Å². The lowest BCUT2D eigenvalue weighted by molar-refractivity contribution is -0.114. The van der Waals surface area contributed by atoms with Crippen LogP contribution in [-0.4, -0.2) is 19.3 Å². The maximum Gasteiger partial charge on any atom is 0.240 e. The van der Waals surface area contributed by atoms with Gasteiger partial charge >= 0.3 is 0 Å². The third-order valence-corrected chi connectivity index (χ3v) is 4.95. The van der Waals surface area contributed by atoms with Gasteiger partial charge in [0, 0.05) is 23.7 Å². The number of nitrogens with one attached hydrogen (secondary N) is 2. The summed E-state index contributed by atoms with van der Waals surface area (Å²) in [6.45, 7) is 3.41. The summed E-state index contributed by atoms with van der Waals surface area (Å²) in [6, 6.07) is 5.98. The van der Waals surface area contributed by atoms with Gasteiger partial charge in [-0.3, -0.25) is 4.79 Å². The molecule has 6 nitrogen and oxygen atoms in total. The number of anilines is 1. The quantitative estimate of drug-likeness (QED) is 0.878. The second kappa shape index (κ2) is 6.33. The van der Waals surface area contributed by atoms with E-state index < -0.39 is 10.0 Å². The van der Waals surface area contributed by atoms with Crippen LogP contribution in [0.4, 0.5) is 5.69 Å². The Morgan fingerprint density at radius 1 is 1.29 bits per heavy atom. The molecule has 8 heteroatoms. The minimum atomic E-state index is -3.59. The SMILES string of the molecule is CC(=O)Nc1ccc(S(=O)(=O)NCc2nc(C)cs2)cc1. The molecule has 1 heterocycles. The first-order valence-corrected chi connectivity index (χ1v) is 8.51. The van der Waals surface area contributed by atoms with Gasteiger partial charge < -0.3 is 5.32 Å². The van der Waals surface area contributed by atoms with Crippen molar-refractivity contribution in [3.8, 4) is 0 Å². The second-order valence-corrected chi connectivity index (χ2v) is 7.12. The number of hydrogen-bond donors (Lipinski definition) is 2. The van der Waals surface area contributed by atoms with Crippen molar-refractivity contribution in [3.63, 3.8) is 0 Å². The highest BCUT2D eigenvalue weighted by Gasteiger charge is 2.14. The number of nitrogens with zero attached hydrogens (tertiary/aromatic N) is 1. The molecule has 1 aromatic heterocycles. The molecule has 1 amide bonds. The summed E-state index contributed by atoms with van der Waals surface area (Å²) >= 11 is 1.41. The van der Waals surface area contributed by atoms with Crippen LogP contribution in [0.15, 0.2) is 34.5 Å². The summed E-state index contributed by atoms with van der Waals surface area (Å²) in [5.74, 6) is -0.206. The van der Waals surface area contributed by atoms with Gasteiger partial charge in [-0.1, -0.05) is 0 Å². The Hall–Kier alpha value is -1.77. The molecular formula is C13H15N3O3S2. The molecule has 0 aliphatic heterocycles. The third kappa shape index (κ3) is 4.35. The van der Waals surface area contributed by atoms with Crippen molar-refractivity contribution in [2.75, 3.05) is 5.32 Å². The molecule has 0 fully saturated rings. The number of aryl methyl sites for hydroxylation is 1. The van der Waals surface area contributed by atoms with Crippen molar-refractivity contribution in [2.24, 2.45) is 0 Å². The van der Waals surface area contributed by atoms with Gasteiger partial charge in [0.1, 0.15) is 5.01 Å². The van der Waals surface area contributed by atoms with E-state index in [2.05, 4.69) is 15.0 Å². The van der Waals surface area contributed by atoms with Crippen LogP contribution in [0.5, 0.6) is 0 Å². The second-order valence-electron chi connectivity index (χ2n) is 4.41. The Morgan fingerprint density at radius 3 is 2.48 bits per heavy atom. The van der Waals surface area contributed by atoms with Crippen LogP contribution in [0.2, 0.25) is 0 Å². The fourth-order valence-corrected chi connectivity index (χ4v) is 3.44. The molecular weight excluding hydrogens is 310 g/mol. The summed E-state index contributed by atoms with van der Waals surface area (Å²) in [5, 5.41) is 5.16. The normalized spacial score (nSPS) is 11.3. The first-order chi connectivity index (χ1) is 9.87. The van der Waals surface area contributed by atoms with Crippen molar-refractivity contribution in [1.82, 2.24) is 9.71 Å². The van der Waals surface area contributed by atoms with Gasteiger partial charge in [-0.25, -0.2) is 18.1 Å². The highest BCUT2D eigenvalue weighted by molar-refractivity contribution is 7.89. The van der Waals surface area contributed by atoms with E-state index in [1.165, 1.54) is 30.4 Å².